The number of hydrogen-bond acceptors (Lipinski definition) is 5. The molecule has 0 atom stereocenters. The monoisotopic (exact) mass is 330 g/mol. The van der Waals surface area contributed by atoms with E-state index in [0.717, 1.165) is 24.4 Å². The van der Waals surface area contributed by atoms with Crippen LogP contribution in [0.25, 0.3) is 0 Å². The van der Waals surface area contributed by atoms with E-state index in [2.05, 4.69) is 10.3 Å². The summed E-state index contributed by atoms with van der Waals surface area (Å²) in [6.07, 6.45) is 0.810. The third kappa shape index (κ3) is 3.09. The Balaban J connectivity index is 1.90. The molecule has 1 aliphatic heterocycles. The van der Waals surface area contributed by atoms with Gasteiger partial charge in [-0.05, 0) is 26.6 Å². The lowest BCUT2D eigenvalue weighted by molar-refractivity contribution is 0.0734. The molecule has 0 saturated heterocycles. The summed E-state index contributed by atoms with van der Waals surface area (Å²) in [4.78, 5) is 28.5. The molecule has 0 radical (unpaired) electrons. The van der Waals surface area contributed by atoms with Gasteiger partial charge in [-0.1, -0.05) is 11.3 Å². The van der Waals surface area contributed by atoms with E-state index in [4.69, 9.17) is 0 Å². The summed E-state index contributed by atoms with van der Waals surface area (Å²) in [7, 11) is 5.58. The number of hydrogen-bond donors (Lipinski definition) is 0. The van der Waals surface area contributed by atoms with Crippen LogP contribution < -0.4 is 5.56 Å². The van der Waals surface area contributed by atoms with Crippen molar-refractivity contribution in [2.24, 2.45) is 7.05 Å². The predicted molar refractivity (Wildman–Crippen MR) is 88.5 cm³/mol. The smallest absolute Gasteiger partial charge is 0.270 e. The highest BCUT2D eigenvalue weighted by Crippen LogP contribution is 2.17. The van der Waals surface area contributed by atoms with Crippen molar-refractivity contribution in [3.63, 3.8) is 0 Å². The topological polar surface area (TPSA) is 76.3 Å². The van der Waals surface area contributed by atoms with Crippen LogP contribution in [0.15, 0.2) is 23.0 Å². The van der Waals surface area contributed by atoms with Gasteiger partial charge in [-0.2, -0.15) is 0 Å². The van der Waals surface area contributed by atoms with Crippen LogP contribution in [0, 0.1) is 0 Å². The molecule has 3 heterocycles. The average Bonchev–Trinajstić information content (AvgIpc) is 2.78. The number of rotatable bonds is 3. The Hall–Kier alpha value is -2.48. The van der Waals surface area contributed by atoms with Crippen LogP contribution in [-0.4, -0.2) is 55.9 Å². The number of carbonyl (C=O) groups excluding carboxylic acids is 1. The van der Waals surface area contributed by atoms with Crippen molar-refractivity contribution in [3.8, 4) is 0 Å². The first kappa shape index (κ1) is 16.4. The van der Waals surface area contributed by atoms with Crippen molar-refractivity contribution in [2.45, 2.75) is 26.1 Å². The summed E-state index contributed by atoms with van der Waals surface area (Å²) >= 11 is 0. The highest BCUT2D eigenvalue weighted by atomic mass is 16.2. The van der Waals surface area contributed by atoms with Crippen molar-refractivity contribution < 1.29 is 4.79 Å². The molecule has 2 aromatic heterocycles. The Morgan fingerprint density at radius 3 is 2.83 bits per heavy atom. The average molecular weight is 330 g/mol. The van der Waals surface area contributed by atoms with Gasteiger partial charge in [-0.15, -0.1) is 5.10 Å². The summed E-state index contributed by atoms with van der Waals surface area (Å²) in [5.74, 6) is -0.138. The largest absolute Gasteiger partial charge is 0.331 e. The van der Waals surface area contributed by atoms with E-state index >= 15 is 0 Å². The maximum absolute atomic E-state index is 12.9. The van der Waals surface area contributed by atoms with Crippen LogP contribution in [0.1, 0.15) is 28.3 Å². The third-order valence-electron chi connectivity index (χ3n) is 4.21. The zero-order chi connectivity index (χ0) is 17.3. The number of aromatic nitrogens is 4. The fourth-order valence-electron chi connectivity index (χ4n) is 2.93. The Bertz CT molecular complexity index is 807. The molecule has 0 N–H and O–H groups in total. The lowest BCUT2D eigenvalue weighted by Gasteiger charge is -2.21. The zero-order valence-electron chi connectivity index (χ0n) is 14.3. The molecule has 3 rings (SSSR count). The number of fused-ring (bicyclic) bond motifs is 1. The molecular weight excluding hydrogens is 308 g/mol. The summed E-state index contributed by atoms with van der Waals surface area (Å²) in [5, 5.41) is 8.47. The van der Waals surface area contributed by atoms with Gasteiger partial charge in [0.25, 0.3) is 11.5 Å². The molecule has 2 aromatic rings. The quantitative estimate of drug-likeness (QED) is 0.797. The Morgan fingerprint density at radius 2 is 2.08 bits per heavy atom. The first-order chi connectivity index (χ1) is 11.5. The van der Waals surface area contributed by atoms with Crippen LogP contribution >= 0.6 is 0 Å². The number of pyridine rings is 1. The molecule has 8 heteroatoms. The van der Waals surface area contributed by atoms with Crippen molar-refractivity contribution in [2.75, 3.05) is 20.6 Å². The van der Waals surface area contributed by atoms with Gasteiger partial charge in [-0.3, -0.25) is 9.59 Å². The fraction of sp³-hybridized carbons (Fsp3) is 0.500. The second-order valence-corrected chi connectivity index (χ2v) is 6.33. The molecule has 0 aromatic carbocycles. The van der Waals surface area contributed by atoms with E-state index in [1.165, 1.54) is 10.6 Å². The predicted octanol–water partition coefficient (Wildman–Crippen LogP) is 0.0845. The highest BCUT2D eigenvalue weighted by molar-refractivity contribution is 5.92. The van der Waals surface area contributed by atoms with E-state index in [0.29, 0.717) is 25.3 Å². The van der Waals surface area contributed by atoms with Gasteiger partial charge in [-0.25, -0.2) is 4.68 Å². The van der Waals surface area contributed by atoms with Crippen LogP contribution in [0.5, 0.6) is 0 Å². The molecule has 0 unspecified atom stereocenters. The molecule has 128 valence electrons. The number of amides is 1. The Labute approximate surface area is 140 Å². The lowest BCUT2D eigenvalue weighted by Crippen LogP contribution is -2.35. The van der Waals surface area contributed by atoms with E-state index in [-0.39, 0.29) is 11.5 Å². The van der Waals surface area contributed by atoms with Gasteiger partial charge in [0, 0.05) is 32.7 Å². The van der Waals surface area contributed by atoms with Gasteiger partial charge in [0.15, 0.2) is 0 Å². The van der Waals surface area contributed by atoms with Crippen LogP contribution in [0.3, 0.4) is 0 Å². The van der Waals surface area contributed by atoms with Crippen LogP contribution in [0.4, 0.5) is 0 Å². The third-order valence-corrected chi connectivity index (χ3v) is 4.21. The van der Waals surface area contributed by atoms with Crippen LogP contribution in [-0.2, 0) is 26.7 Å². The van der Waals surface area contributed by atoms with Gasteiger partial charge >= 0.3 is 0 Å². The van der Waals surface area contributed by atoms with E-state index in [9.17, 15) is 9.59 Å². The fourth-order valence-corrected chi connectivity index (χ4v) is 2.93. The molecule has 8 nitrogen and oxygen atoms in total. The van der Waals surface area contributed by atoms with E-state index < -0.39 is 0 Å². The first-order valence-corrected chi connectivity index (χ1v) is 7.98. The maximum atomic E-state index is 12.9. The van der Waals surface area contributed by atoms with E-state index in [1.807, 2.05) is 23.7 Å². The first-order valence-electron chi connectivity index (χ1n) is 7.98. The lowest BCUT2D eigenvalue weighted by atomic mass is 10.2. The second-order valence-electron chi connectivity index (χ2n) is 6.33. The molecule has 0 spiro atoms. The Morgan fingerprint density at radius 1 is 1.29 bits per heavy atom. The molecule has 0 aliphatic carbocycles. The molecular formula is C16H22N6O2. The number of aryl methyl sites for hydroxylation is 1. The summed E-state index contributed by atoms with van der Waals surface area (Å²) < 4.78 is 3.28. The van der Waals surface area contributed by atoms with Crippen molar-refractivity contribution in [3.05, 3.63) is 45.6 Å². The minimum atomic E-state index is -0.185. The zero-order valence-corrected chi connectivity index (χ0v) is 14.3. The van der Waals surface area contributed by atoms with Crippen molar-refractivity contribution >= 4 is 5.91 Å². The summed E-state index contributed by atoms with van der Waals surface area (Å²) in [6, 6.07) is 4.76. The maximum Gasteiger partial charge on any atom is 0.270 e. The van der Waals surface area contributed by atoms with Gasteiger partial charge < -0.3 is 14.4 Å². The number of nitrogens with zero attached hydrogens (tertiary/aromatic N) is 6. The second kappa shape index (κ2) is 6.56. The number of carbonyl (C=O) groups is 1. The van der Waals surface area contributed by atoms with Crippen molar-refractivity contribution in [1.29, 1.82) is 0 Å². The van der Waals surface area contributed by atoms with Gasteiger partial charge in [0.1, 0.15) is 11.4 Å². The molecule has 24 heavy (non-hydrogen) atoms. The SMILES string of the molecule is CN(C)Cc1nnn2c1CN(C(=O)c1cccc(=O)n1C)CCC2. The molecule has 0 bridgehead atoms. The highest BCUT2D eigenvalue weighted by Gasteiger charge is 2.25. The Kier molecular flexibility index (Phi) is 4.48. The van der Waals surface area contributed by atoms with Crippen molar-refractivity contribution in [1.82, 2.24) is 29.4 Å². The molecule has 0 fully saturated rings. The summed E-state index contributed by atoms with van der Waals surface area (Å²) in [5.41, 5.74) is 2.07. The van der Waals surface area contributed by atoms with Gasteiger partial charge in [0.05, 0.1) is 12.2 Å². The standard InChI is InChI=1S/C16H22N6O2/c1-19(2)10-12-14-11-21(8-5-9-22(14)18-17-12)16(24)13-6-4-7-15(23)20(13)3/h4,6-7H,5,8-11H2,1-3H3. The molecule has 0 saturated carbocycles. The minimum absolute atomic E-state index is 0.138. The van der Waals surface area contributed by atoms with Gasteiger partial charge in [0.2, 0.25) is 0 Å². The molecule has 1 aliphatic rings. The molecule has 1 amide bonds. The summed E-state index contributed by atoms with van der Waals surface area (Å²) in [6.45, 7) is 2.51. The minimum Gasteiger partial charge on any atom is -0.331 e. The normalized spacial score (nSPS) is 14.6. The van der Waals surface area contributed by atoms with Crippen LogP contribution in [0.2, 0.25) is 0 Å². The van der Waals surface area contributed by atoms with E-state index in [1.54, 1.807) is 24.1 Å².